The maximum absolute atomic E-state index is 13.1. The highest BCUT2D eigenvalue weighted by Gasteiger charge is 2.37. The number of hydrogen-bond acceptors (Lipinski definition) is 8. The molecule has 1 saturated heterocycles. The van der Waals surface area contributed by atoms with E-state index in [1.807, 2.05) is 0 Å². The summed E-state index contributed by atoms with van der Waals surface area (Å²) in [5.41, 5.74) is -0.185. The summed E-state index contributed by atoms with van der Waals surface area (Å²) in [6.07, 6.45) is -3.35. The summed E-state index contributed by atoms with van der Waals surface area (Å²) in [6, 6.07) is 9.90. The number of benzene rings is 2. The number of thioether (sulfide) groups is 1. The summed E-state index contributed by atoms with van der Waals surface area (Å²) in [4.78, 5) is 48.8. The largest absolute Gasteiger partial charge is 0.495 e. The van der Waals surface area contributed by atoms with E-state index in [-0.39, 0.29) is 27.8 Å². The summed E-state index contributed by atoms with van der Waals surface area (Å²) >= 11 is 0.562. The molecule has 202 valence electrons. The monoisotopic (exact) mass is 561 g/mol. The Hall–Kier alpha value is -4.59. The molecule has 1 fully saturated rings. The van der Waals surface area contributed by atoms with Gasteiger partial charge in [0.05, 0.1) is 28.2 Å². The minimum atomic E-state index is -4.66. The Kier molecular flexibility index (Phi) is 7.49. The first-order chi connectivity index (χ1) is 18.4. The molecule has 0 radical (unpaired) electrons. The molecule has 0 atom stereocenters. The van der Waals surface area contributed by atoms with Gasteiger partial charge in [-0.25, -0.2) is 0 Å². The number of furan rings is 1. The summed E-state index contributed by atoms with van der Waals surface area (Å²) in [5, 5.41) is 12.4. The molecule has 14 heteroatoms. The number of nitrogens with one attached hydrogen (secondary N) is 1. The average Bonchev–Trinajstić information content (AvgIpc) is 3.43. The minimum absolute atomic E-state index is 0.0363. The molecule has 1 aliphatic heterocycles. The van der Waals surface area contributed by atoms with Gasteiger partial charge in [-0.15, -0.1) is 0 Å². The molecular weight excluding hydrogens is 543 g/mol. The lowest BCUT2D eigenvalue weighted by atomic mass is 10.1. The van der Waals surface area contributed by atoms with Gasteiger partial charge in [-0.05, 0) is 60.6 Å². The van der Waals surface area contributed by atoms with Crippen LogP contribution in [-0.2, 0) is 15.8 Å². The van der Waals surface area contributed by atoms with Crippen molar-refractivity contribution in [2.24, 2.45) is 0 Å². The number of non-ortho nitro benzene ring substituents is 1. The zero-order chi connectivity index (χ0) is 28.5. The number of alkyl halides is 3. The first-order valence-electron chi connectivity index (χ1n) is 11.0. The number of halogens is 3. The van der Waals surface area contributed by atoms with Gasteiger partial charge < -0.3 is 14.5 Å². The second-order valence-electron chi connectivity index (χ2n) is 8.19. The molecule has 3 aromatic rings. The number of carbonyl (C=O) groups is 3. The molecule has 4 rings (SSSR count). The number of imide groups is 1. The number of nitro groups is 1. The highest BCUT2D eigenvalue weighted by atomic mass is 32.2. The fourth-order valence-electron chi connectivity index (χ4n) is 3.69. The van der Waals surface area contributed by atoms with Crippen LogP contribution in [0.4, 0.5) is 29.3 Å². The van der Waals surface area contributed by atoms with Crippen LogP contribution in [0.25, 0.3) is 17.4 Å². The highest BCUT2D eigenvalue weighted by molar-refractivity contribution is 8.18. The summed E-state index contributed by atoms with van der Waals surface area (Å²) in [5.74, 6) is -1.15. The van der Waals surface area contributed by atoms with E-state index >= 15 is 0 Å². The van der Waals surface area contributed by atoms with Gasteiger partial charge in [0.2, 0.25) is 5.91 Å². The van der Waals surface area contributed by atoms with Crippen LogP contribution >= 0.6 is 11.8 Å². The number of aryl methyl sites for hydroxylation is 1. The Morgan fingerprint density at radius 1 is 1.18 bits per heavy atom. The Balaban J connectivity index is 1.48. The van der Waals surface area contributed by atoms with Crippen molar-refractivity contribution in [3.05, 3.63) is 80.4 Å². The average molecular weight is 561 g/mol. The number of nitro benzene ring substituents is 1. The first kappa shape index (κ1) is 27.4. The number of ether oxygens (including phenoxy) is 1. The second kappa shape index (κ2) is 10.6. The number of hydrogen-bond donors (Lipinski definition) is 1. The molecule has 0 saturated carbocycles. The Labute approximate surface area is 222 Å². The summed E-state index contributed by atoms with van der Waals surface area (Å²) in [7, 11) is 1.21. The highest BCUT2D eigenvalue weighted by Crippen LogP contribution is 2.36. The van der Waals surface area contributed by atoms with Gasteiger partial charge in [0.15, 0.2) is 0 Å². The Bertz CT molecular complexity index is 1530. The molecule has 2 heterocycles. The normalized spacial score (nSPS) is 14.7. The topological polar surface area (TPSA) is 132 Å². The predicted molar refractivity (Wildman–Crippen MR) is 135 cm³/mol. The standard InChI is InChI=1S/C25H18F3N3O7S/c1-13-9-15(31(35)36)4-6-17(13)19-8-5-16(38-19)11-21-23(33)30(24(34)39-21)12-22(32)29-18-10-14(25(26,27)28)3-7-20(18)37-2/h3-11H,12H2,1-2H3,(H,29,32)/b21-11-. The van der Waals surface area contributed by atoms with E-state index in [1.165, 1.54) is 37.5 Å². The van der Waals surface area contributed by atoms with Crippen LogP contribution in [0.3, 0.4) is 0 Å². The van der Waals surface area contributed by atoms with Crippen LogP contribution in [0, 0.1) is 17.0 Å². The quantitative estimate of drug-likeness (QED) is 0.215. The molecule has 2 aromatic carbocycles. The molecule has 1 N–H and O–H groups in total. The van der Waals surface area contributed by atoms with Crippen molar-refractivity contribution in [1.29, 1.82) is 0 Å². The van der Waals surface area contributed by atoms with Crippen molar-refractivity contribution in [3.63, 3.8) is 0 Å². The zero-order valence-corrected chi connectivity index (χ0v) is 21.0. The third-order valence-electron chi connectivity index (χ3n) is 5.56. The van der Waals surface area contributed by atoms with Crippen LogP contribution in [0.15, 0.2) is 57.9 Å². The third-order valence-corrected chi connectivity index (χ3v) is 6.47. The summed E-state index contributed by atoms with van der Waals surface area (Å²) < 4.78 is 49.9. The molecule has 1 aliphatic rings. The van der Waals surface area contributed by atoms with Gasteiger partial charge in [-0.3, -0.25) is 29.4 Å². The van der Waals surface area contributed by atoms with Crippen LogP contribution in [0.1, 0.15) is 16.9 Å². The van der Waals surface area contributed by atoms with E-state index in [2.05, 4.69) is 5.32 Å². The third kappa shape index (κ3) is 5.95. The fraction of sp³-hybridized carbons (Fsp3) is 0.160. The van der Waals surface area contributed by atoms with E-state index in [0.717, 1.165) is 12.1 Å². The van der Waals surface area contributed by atoms with E-state index in [0.29, 0.717) is 39.6 Å². The van der Waals surface area contributed by atoms with Crippen LogP contribution in [0.5, 0.6) is 5.75 Å². The van der Waals surface area contributed by atoms with Crippen molar-refractivity contribution in [1.82, 2.24) is 4.90 Å². The lowest BCUT2D eigenvalue weighted by molar-refractivity contribution is -0.384. The fourth-order valence-corrected chi connectivity index (χ4v) is 4.51. The molecule has 1 aromatic heterocycles. The number of carbonyl (C=O) groups excluding carboxylic acids is 3. The Morgan fingerprint density at radius 3 is 2.56 bits per heavy atom. The van der Waals surface area contributed by atoms with Crippen molar-refractivity contribution in [2.45, 2.75) is 13.1 Å². The zero-order valence-electron chi connectivity index (χ0n) is 20.2. The van der Waals surface area contributed by atoms with Crippen LogP contribution in [-0.4, -0.2) is 40.5 Å². The molecule has 3 amide bonds. The molecule has 0 aliphatic carbocycles. The van der Waals surface area contributed by atoms with Gasteiger partial charge >= 0.3 is 6.18 Å². The number of rotatable bonds is 7. The second-order valence-corrected chi connectivity index (χ2v) is 9.18. The van der Waals surface area contributed by atoms with Crippen LogP contribution < -0.4 is 10.1 Å². The van der Waals surface area contributed by atoms with Crippen molar-refractivity contribution in [3.8, 4) is 17.1 Å². The number of nitrogens with zero attached hydrogens (tertiary/aromatic N) is 2. The van der Waals surface area contributed by atoms with E-state index < -0.39 is 40.3 Å². The molecular formula is C25H18F3N3O7S. The van der Waals surface area contributed by atoms with E-state index in [4.69, 9.17) is 9.15 Å². The van der Waals surface area contributed by atoms with Gasteiger partial charge in [0.25, 0.3) is 16.8 Å². The summed E-state index contributed by atoms with van der Waals surface area (Å²) in [6.45, 7) is 0.933. The number of methoxy groups -OCH3 is 1. The van der Waals surface area contributed by atoms with Crippen molar-refractivity contribution < 1.29 is 41.6 Å². The van der Waals surface area contributed by atoms with Gasteiger partial charge in [-0.2, -0.15) is 13.2 Å². The van der Waals surface area contributed by atoms with Gasteiger partial charge in [0, 0.05) is 23.8 Å². The molecule has 0 unspecified atom stereocenters. The van der Waals surface area contributed by atoms with Crippen molar-refractivity contribution in [2.75, 3.05) is 19.0 Å². The molecule has 39 heavy (non-hydrogen) atoms. The van der Waals surface area contributed by atoms with E-state index in [1.54, 1.807) is 13.0 Å². The number of anilines is 1. The minimum Gasteiger partial charge on any atom is -0.495 e. The lowest BCUT2D eigenvalue weighted by Crippen LogP contribution is -2.36. The van der Waals surface area contributed by atoms with Crippen LogP contribution in [0.2, 0.25) is 0 Å². The maximum Gasteiger partial charge on any atom is 0.416 e. The van der Waals surface area contributed by atoms with Gasteiger partial charge in [0.1, 0.15) is 23.8 Å². The van der Waals surface area contributed by atoms with Crippen molar-refractivity contribution >= 4 is 46.3 Å². The molecule has 0 spiro atoms. The maximum atomic E-state index is 13.1. The molecule has 0 bridgehead atoms. The van der Waals surface area contributed by atoms with E-state index in [9.17, 15) is 37.7 Å². The SMILES string of the molecule is COc1ccc(C(F)(F)F)cc1NC(=O)CN1C(=O)S/C(=C\c2ccc(-c3ccc([N+](=O)[O-])cc3C)o2)C1=O. The predicted octanol–water partition coefficient (Wildman–Crippen LogP) is 5.87. The number of amides is 3. The molecule has 10 nitrogen and oxygen atoms in total. The lowest BCUT2D eigenvalue weighted by Gasteiger charge is -2.16. The van der Waals surface area contributed by atoms with Gasteiger partial charge in [-0.1, -0.05) is 0 Å². The Morgan fingerprint density at radius 2 is 1.92 bits per heavy atom. The smallest absolute Gasteiger partial charge is 0.416 e. The first-order valence-corrected chi connectivity index (χ1v) is 11.8.